The van der Waals surface area contributed by atoms with E-state index < -0.39 is 6.36 Å². The minimum atomic E-state index is -4.68. The number of rotatable bonds is 4. The summed E-state index contributed by atoms with van der Waals surface area (Å²) >= 11 is 3.33. The Bertz CT molecular complexity index is 476. The van der Waals surface area contributed by atoms with Gasteiger partial charge in [-0.2, -0.15) is 0 Å². The predicted octanol–water partition coefficient (Wildman–Crippen LogP) is 3.70. The van der Waals surface area contributed by atoms with E-state index in [4.69, 9.17) is 0 Å². The molecule has 7 heteroatoms. The molecule has 0 radical (unpaired) electrons. The number of hydrogen-bond acceptors (Lipinski definition) is 3. The highest BCUT2D eigenvalue weighted by Crippen LogP contribution is 2.36. The maximum Gasteiger partial charge on any atom is 0.573 e. The predicted molar refractivity (Wildman–Crippen MR) is 78.3 cm³/mol. The monoisotopic (exact) mass is 366 g/mol. The highest BCUT2D eigenvalue weighted by atomic mass is 79.9. The molecule has 0 aromatic heterocycles. The molecule has 1 aliphatic rings. The number of nitrogens with zero attached hydrogens (tertiary/aromatic N) is 1. The van der Waals surface area contributed by atoms with E-state index in [2.05, 4.69) is 30.9 Å². The van der Waals surface area contributed by atoms with Crippen molar-refractivity contribution in [1.82, 2.24) is 10.2 Å². The number of halogens is 4. The molecule has 1 fully saturated rings. The van der Waals surface area contributed by atoms with Gasteiger partial charge in [0.25, 0.3) is 0 Å². The first-order chi connectivity index (χ1) is 9.90. The van der Waals surface area contributed by atoms with Crippen molar-refractivity contribution < 1.29 is 17.9 Å². The van der Waals surface area contributed by atoms with Gasteiger partial charge in [-0.25, -0.2) is 0 Å². The average Bonchev–Trinajstić information content (AvgIpc) is 2.42. The molecule has 0 unspecified atom stereocenters. The molecular formula is C14H18BrF3N2O. The Balaban J connectivity index is 2.31. The molecule has 0 spiro atoms. The van der Waals surface area contributed by atoms with Crippen LogP contribution in [-0.2, 0) is 0 Å². The van der Waals surface area contributed by atoms with E-state index in [9.17, 15) is 13.2 Å². The minimum absolute atomic E-state index is 0.0815. The second-order valence-corrected chi connectivity index (χ2v) is 5.86. The van der Waals surface area contributed by atoms with Crippen LogP contribution < -0.4 is 10.1 Å². The second-order valence-electron chi connectivity index (χ2n) is 4.94. The van der Waals surface area contributed by atoms with Crippen molar-refractivity contribution in [2.75, 3.05) is 26.2 Å². The van der Waals surface area contributed by atoms with Crippen molar-refractivity contribution in [1.29, 1.82) is 0 Å². The summed E-state index contributed by atoms with van der Waals surface area (Å²) in [5.74, 6) is -0.115. The van der Waals surface area contributed by atoms with Crippen LogP contribution in [0.15, 0.2) is 22.7 Å². The highest BCUT2D eigenvalue weighted by molar-refractivity contribution is 9.10. The van der Waals surface area contributed by atoms with E-state index in [1.807, 2.05) is 6.92 Å². The Hall–Kier alpha value is -0.790. The molecule has 1 atom stereocenters. The average molecular weight is 367 g/mol. The number of piperazine rings is 1. The fraction of sp³-hybridized carbons (Fsp3) is 0.571. The summed E-state index contributed by atoms with van der Waals surface area (Å²) in [6.45, 7) is 5.30. The minimum Gasteiger partial charge on any atom is -0.405 e. The first-order valence-electron chi connectivity index (χ1n) is 6.90. The molecule has 118 valence electrons. The number of nitrogens with one attached hydrogen (secondary N) is 1. The van der Waals surface area contributed by atoms with Crippen molar-refractivity contribution in [3.8, 4) is 5.75 Å². The zero-order chi connectivity index (χ0) is 15.5. The number of hydrogen-bond donors (Lipinski definition) is 1. The van der Waals surface area contributed by atoms with E-state index in [0.717, 1.165) is 37.1 Å². The summed E-state index contributed by atoms with van der Waals surface area (Å²) in [4.78, 5) is 2.20. The van der Waals surface area contributed by atoms with Crippen LogP contribution in [-0.4, -0.2) is 37.4 Å². The van der Waals surface area contributed by atoms with Gasteiger partial charge in [0, 0.05) is 42.3 Å². The topological polar surface area (TPSA) is 24.5 Å². The molecule has 0 amide bonds. The van der Waals surface area contributed by atoms with Crippen LogP contribution >= 0.6 is 15.9 Å². The molecule has 0 bridgehead atoms. The van der Waals surface area contributed by atoms with Crippen molar-refractivity contribution in [3.63, 3.8) is 0 Å². The molecule has 1 aromatic rings. The number of ether oxygens (including phenoxy) is 1. The molecule has 2 rings (SSSR count). The Kier molecular flexibility index (Phi) is 5.51. The van der Waals surface area contributed by atoms with Crippen LogP contribution in [0.25, 0.3) is 0 Å². The van der Waals surface area contributed by atoms with Gasteiger partial charge in [-0.3, -0.25) is 4.90 Å². The van der Waals surface area contributed by atoms with Gasteiger partial charge in [-0.05, 0) is 24.6 Å². The highest BCUT2D eigenvalue weighted by Gasteiger charge is 2.34. The normalized spacial score (nSPS) is 18.5. The summed E-state index contributed by atoms with van der Waals surface area (Å²) in [7, 11) is 0. The third-order valence-electron chi connectivity index (χ3n) is 3.54. The second kappa shape index (κ2) is 6.98. The molecular weight excluding hydrogens is 349 g/mol. The Morgan fingerprint density at radius 1 is 1.33 bits per heavy atom. The van der Waals surface area contributed by atoms with Crippen LogP contribution in [0.4, 0.5) is 13.2 Å². The molecule has 1 heterocycles. The maximum atomic E-state index is 12.6. The number of benzene rings is 1. The zero-order valence-electron chi connectivity index (χ0n) is 11.7. The van der Waals surface area contributed by atoms with Crippen LogP contribution in [0.3, 0.4) is 0 Å². The lowest BCUT2D eigenvalue weighted by molar-refractivity contribution is -0.275. The summed E-state index contributed by atoms with van der Waals surface area (Å²) < 4.78 is 42.7. The van der Waals surface area contributed by atoms with Crippen molar-refractivity contribution in [3.05, 3.63) is 28.2 Å². The van der Waals surface area contributed by atoms with Gasteiger partial charge in [-0.1, -0.05) is 22.9 Å². The van der Waals surface area contributed by atoms with Crippen LogP contribution in [0, 0.1) is 0 Å². The van der Waals surface area contributed by atoms with Gasteiger partial charge in [0.1, 0.15) is 5.75 Å². The third-order valence-corrected chi connectivity index (χ3v) is 4.03. The lowest BCUT2D eigenvalue weighted by atomic mass is 10.0. The Morgan fingerprint density at radius 2 is 2.00 bits per heavy atom. The molecule has 0 aliphatic carbocycles. The molecule has 3 nitrogen and oxygen atoms in total. The fourth-order valence-corrected chi connectivity index (χ4v) is 3.04. The smallest absolute Gasteiger partial charge is 0.405 e. The summed E-state index contributed by atoms with van der Waals surface area (Å²) in [6, 6.07) is 4.58. The molecule has 1 N–H and O–H groups in total. The van der Waals surface area contributed by atoms with Crippen LogP contribution in [0.1, 0.15) is 24.9 Å². The first-order valence-corrected chi connectivity index (χ1v) is 7.70. The Morgan fingerprint density at radius 3 is 2.57 bits per heavy atom. The first kappa shape index (κ1) is 16.6. The summed E-state index contributed by atoms with van der Waals surface area (Å²) in [5.41, 5.74) is 0.575. The van der Waals surface area contributed by atoms with E-state index in [1.54, 1.807) is 12.1 Å². The van der Waals surface area contributed by atoms with E-state index in [1.165, 1.54) is 6.07 Å². The third kappa shape index (κ3) is 4.59. The molecule has 1 saturated heterocycles. The van der Waals surface area contributed by atoms with Gasteiger partial charge >= 0.3 is 6.36 Å². The molecule has 21 heavy (non-hydrogen) atoms. The van der Waals surface area contributed by atoms with Crippen LogP contribution in [0.5, 0.6) is 5.75 Å². The quantitative estimate of drug-likeness (QED) is 0.878. The van der Waals surface area contributed by atoms with Crippen molar-refractivity contribution >= 4 is 15.9 Å². The van der Waals surface area contributed by atoms with Crippen molar-refractivity contribution in [2.24, 2.45) is 0 Å². The SMILES string of the molecule is CC[C@@H](c1cc(Br)ccc1OC(F)(F)F)N1CCNCC1. The zero-order valence-corrected chi connectivity index (χ0v) is 13.3. The van der Waals surface area contributed by atoms with Gasteiger partial charge in [0.2, 0.25) is 0 Å². The molecule has 1 aromatic carbocycles. The van der Waals surface area contributed by atoms with Gasteiger partial charge in [-0.15, -0.1) is 13.2 Å². The fourth-order valence-electron chi connectivity index (χ4n) is 2.67. The van der Waals surface area contributed by atoms with E-state index in [0.29, 0.717) is 5.56 Å². The molecule has 0 saturated carbocycles. The van der Waals surface area contributed by atoms with Gasteiger partial charge in [0.15, 0.2) is 0 Å². The van der Waals surface area contributed by atoms with E-state index >= 15 is 0 Å². The lowest BCUT2D eigenvalue weighted by Crippen LogP contribution is -2.45. The summed E-state index contributed by atoms with van der Waals surface area (Å²) in [5, 5.41) is 3.25. The molecule has 1 aliphatic heterocycles. The maximum absolute atomic E-state index is 12.6. The van der Waals surface area contributed by atoms with Crippen LogP contribution in [0.2, 0.25) is 0 Å². The lowest BCUT2D eigenvalue weighted by Gasteiger charge is -2.35. The largest absolute Gasteiger partial charge is 0.573 e. The standard InChI is InChI=1S/C14H18BrF3N2O/c1-2-12(20-7-5-19-6-8-20)11-9-10(15)3-4-13(11)21-14(16,17)18/h3-4,9,12,19H,2,5-8H2,1H3/t12-/m0/s1. The summed E-state index contributed by atoms with van der Waals surface area (Å²) in [6.07, 6.45) is -3.95. The van der Waals surface area contributed by atoms with Gasteiger partial charge < -0.3 is 10.1 Å². The van der Waals surface area contributed by atoms with Crippen molar-refractivity contribution in [2.45, 2.75) is 25.7 Å². The van der Waals surface area contributed by atoms with E-state index in [-0.39, 0.29) is 11.8 Å². The Labute approximate surface area is 130 Å². The number of alkyl halides is 3. The van der Waals surface area contributed by atoms with Gasteiger partial charge in [0.05, 0.1) is 0 Å².